The summed E-state index contributed by atoms with van der Waals surface area (Å²) in [6, 6.07) is 12.2. The average Bonchev–Trinajstić information content (AvgIpc) is 3.31. The molecule has 2 atom stereocenters. The maximum atomic E-state index is 13.2. The van der Waals surface area contributed by atoms with Crippen LogP contribution in [0.2, 0.25) is 0 Å². The number of nitrogens with zero attached hydrogens (tertiary/aromatic N) is 3. The lowest BCUT2D eigenvalue weighted by molar-refractivity contribution is -0.129. The van der Waals surface area contributed by atoms with Gasteiger partial charge >= 0.3 is 0 Å². The van der Waals surface area contributed by atoms with Crippen LogP contribution in [0.25, 0.3) is 11.4 Å². The summed E-state index contributed by atoms with van der Waals surface area (Å²) in [7, 11) is 0. The van der Waals surface area contributed by atoms with Gasteiger partial charge < -0.3 is 9.42 Å². The van der Waals surface area contributed by atoms with E-state index >= 15 is 0 Å². The number of amides is 1. The van der Waals surface area contributed by atoms with E-state index < -0.39 is 0 Å². The minimum atomic E-state index is -0.286. The van der Waals surface area contributed by atoms with Gasteiger partial charge in [-0.25, -0.2) is 4.39 Å². The highest BCUT2D eigenvalue weighted by molar-refractivity contribution is 5.80. The van der Waals surface area contributed by atoms with Gasteiger partial charge in [0.2, 0.25) is 17.6 Å². The molecule has 0 spiro atoms. The number of benzene rings is 2. The Balaban J connectivity index is 1.52. The van der Waals surface area contributed by atoms with Crippen LogP contribution in [0.3, 0.4) is 0 Å². The van der Waals surface area contributed by atoms with Crippen molar-refractivity contribution in [2.75, 3.05) is 6.54 Å². The minimum absolute atomic E-state index is 0.0350. The SMILES string of the molecule is Cc1ccc(-c2noc(C3CC(=O)N(C(C)c4ccc(F)cc4)C3)n2)cc1C. The van der Waals surface area contributed by atoms with Crippen LogP contribution in [0.1, 0.15) is 47.9 Å². The van der Waals surface area contributed by atoms with Gasteiger partial charge in [-0.1, -0.05) is 29.4 Å². The zero-order chi connectivity index (χ0) is 19.8. The third-order valence-electron chi connectivity index (χ3n) is 5.53. The Hall–Kier alpha value is -3.02. The minimum Gasteiger partial charge on any atom is -0.339 e. The summed E-state index contributed by atoms with van der Waals surface area (Å²) in [5.74, 6) is 0.633. The molecule has 3 aromatic rings. The van der Waals surface area contributed by atoms with Crippen molar-refractivity contribution < 1.29 is 13.7 Å². The van der Waals surface area contributed by atoms with E-state index in [9.17, 15) is 9.18 Å². The second-order valence-electron chi connectivity index (χ2n) is 7.43. The molecule has 0 radical (unpaired) electrons. The summed E-state index contributed by atoms with van der Waals surface area (Å²) in [6.45, 7) is 6.56. The molecule has 5 nitrogen and oxygen atoms in total. The maximum Gasteiger partial charge on any atom is 0.232 e. The first-order valence-corrected chi connectivity index (χ1v) is 9.38. The lowest BCUT2D eigenvalue weighted by Gasteiger charge is -2.25. The van der Waals surface area contributed by atoms with E-state index in [0.717, 1.165) is 11.1 Å². The Morgan fingerprint density at radius 2 is 1.89 bits per heavy atom. The molecule has 2 unspecified atom stereocenters. The van der Waals surface area contributed by atoms with Crippen LogP contribution in [0.15, 0.2) is 47.0 Å². The van der Waals surface area contributed by atoms with E-state index in [4.69, 9.17) is 4.52 Å². The van der Waals surface area contributed by atoms with Gasteiger partial charge in [0.25, 0.3) is 0 Å². The molecule has 28 heavy (non-hydrogen) atoms. The van der Waals surface area contributed by atoms with Gasteiger partial charge in [0.1, 0.15) is 5.82 Å². The fourth-order valence-corrected chi connectivity index (χ4v) is 3.59. The summed E-state index contributed by atoms with van der Waals surface area (Å²) >= 11 is 0. The molecule has 1 aliphatic rings. The number of rotatable bonds is 4. The van der Waals surface area contributed by atoms with Crippen LogP contribution in [0.5, 0.6) is 0 Å². The largest absolute Gasteiger partial charge is 0.339 e. The third-order valence-corrected chi connectivity index (χ3v) is 5.53. The van der Waals surface area contributed by atoms with Crippen molar-refractivity contribution >= 4 is 5.91 Å². The fourth-order valence-electron chi connectivity index (χ4n) is 3.59. The number of aryl methyl sites for hydroxylation is 2. The molecule has 1 aromatic heterocycles. The highest BCUT2D eigenvalue weighted by Gasteiger charge is 2.37. The topological polar surface area (TPSA) is 59.2 Å². The van der Waals surface area contributed by atoms with Crippen LogP contribution in [-0.4, -0.2) is 27.5 Å². The molecule has 1 saturated heterocycles. The van der Waals surface area contributed by atoms with E-state index in [0.29, 0.717) is 24.7 Å². The number of hydrogen-bond acceptors (Lipinski definition) is 4. The molecule has 2 aromatic carbocycles. The lowest BCUT2D eigenvalue weighted by Crippen LogP contribution is -2.28. The van der Waals surface area contributed by atoms with Gasteiger partial charge in [0.15, 0.2) is 0 Å². The molecule has 2 heterocycles. The normalized spacial score (nSPS) is 17.9. The molecule has 1 amide bonds. The Kier molecular flexibility index (Phi) is 4.71. The van der Waals surface area contributed by atoms with Crippen LogP contribution in [0, 0.1) is 19.7 Å². The summed E-state index contributed by atoms with van der Waals surface area (Å²) in [4.78, 5) is 18.9. The van der Waals surface area contributed by atoms with Crippen molar-refractivity contribution in [1.29, 1.82) is 0 Å². The quantitative estimate of drug-likeness (QED) is 0.666. The Morgan fingerprint density at radius 1 is 1.14 bits per heavy atom. The average molecular weight is 379 g/mol. The first-order chi connectivity index (χ1) is 13.4. The molecular weight excluding hydrogens is 357 g/mol. The number of carbonyl (C=O) groups is 1. The van der Waals surface area contributed by atoms with E-state index in [-0.39, 0.29) is 23.7 Å². The van der Waals surface area contributed by atoms with E-state index in [1.165, 1.54) is 23.3 Å². The molecule has 6 heteroatoms. The zero-order valence-electron chi connectivity index (χ0n) is 16.1. The van der Waals surface area contributed by atoms with Crippen molar-refractivity contribution in [2.24, 2.45) is 0 Å². The van der Waals surface area contributed by atoms with Gasteiger partial charge in [-0.05, 0) is 55.7 Å². The number of halogens is 1. The number of likely N-dealkylation sites (tertiary alicyclic amines) is 1. The molecule has 1 aliphatic heterocycles. The van der Waals surface area contributed by atoms with Gasteiger partial charge in [-0.15, -0.1) is 0 Å². The fraction of sp³-hybridized carbons (Fsp3) is 0.318. The number of aromatic nitrogens is 2. The molecule has 0 aliphatic carbocycles. The summed E-state index contributed by atoms with van der Waals surface area (Å²) < 4.78 is 18.6. The van der Waals surface area contributed by atoms with Crippen LogP contribution >= 0.6 is 0 Å². The van der Waals surface area contributed by atoms with Crippen molar-refractivity contribution in [3.63, 3.8) is 0 Å². The highest BCUT2D eigenvalue weighted by Crippen LogP contribution is 2.34. The standard InChI is InChI=1S/C22H22FN3O2/c1-13-4-5-17(10-14(13)2)21-24-22(28-25-21)18-11-20(27)26(12-18)15(3)16-6-8-19(23)9-7-16/h4-10,15,18H,11-12H2,1-3H3. The lowest BCUT2D eigenvalue weighted by atomic mass is 10.1. The molecular formula is C22H22FN3O2. The third kappa shape index (κ3) is 3.42. The zero-order valence-corrected chi connectivity index (χ0v) is 16.1. The van der Waals surface area contributed by atoms with Gasteiger partial charge in [-0.2, -0.15) is 4.98 Å². The second-order valence-corrected chi connectivity index (χ2v) is 7.43. The van der Waals surface area contributed by atoms with Gasteiger partial charge in [-0.3, -0.25) is 4.79 Å². The van der Waals surface area contributed by atoms with E-state index in [2.05, 4.69) is 17.1 Å². The van der Waals surface area contributed by atoms with Crippen molar-refractivity contribution in [1.82, 2.24) is 15.0 Å². The van der Waals surface area contributed by atoms with Crippen LogP contribution in [0.4, 0.5) is 4.39 Å². The van der Waals surface area contributed by atoms with Crippen LogP contribution < -0.4 is 0 Å². The molecule has 4 rings (SSSR count). The first kappa shape index (κ1) is 18.3. The first-order valence-electron chi connectivity index (χ1n) is 9.38. The predicted octanol–water partition coefficient (Wildman–Crippen LogP) is 4.57. The van der Waals surface area contributed by atoms with E-state index in [1.54, 1.807) is 17.0 Å². The maximum absolute atomic E-state index is 13.2. The molecule has 0 N–H and O–H groups in total. The van der Waals surface area contributed by atoms with Gasteiger partial charge in [0.05, 0.1) is 12.0 Å². The second kappa shape index (κ2) is 7.19. The smallest absolute Gasteiger partial charge is 0.232 e. The molecule has 1 fully saturated rings. The summed E-state index contributed by atoms with van der Waals surface area (Å²) in [5, 5.41) is 4.11. The Morgan fingerprint density at radius 3 is 2.61 bits per heavy atom. The van der Waals surface area contributed by atoms with Crippen molar-refractivity contribution in [3.8, 4) is 11.4 Å². The number of hydrogen-bond donors (Lipinski definition) is 0. The Labute approximate surface area is 163 Å². The predicted molar refractivity (Wildman–Crippen MR) is 103 cm³/mol. The van der Waals surface area contributed by atoms with Crippen LogP contribution in [-0.2, 0) is 4.79 Å². The van der Waals surface area contributed by atoms with E-state index in [1.807, 2.05) is 32.0 Å². The number of carbonyl (C=O) groups excluding carboxylic acids is 1. The summed E-state index contributed by atoms with van der Waals surface area (Å²) in [6.07, 6.45) is 0.333. The van der Waals surface area contributed by atoms with Gasteiger partial charge in [0, 0.05) is 18.5 Å². The summed E-state index contributed by atoms with van der Waals surface area (Å²) in [5.41, 5.74) is 4.18. The van der Waals surface area contributed by atoms with Crippen molar-refractivity contribution in [3.05, 3.63) is 70.9 Å². The van der Waals surface area contributed by atoms with Crippen molar-refractivity contribution in [2.45, 2.75) is 39.2 Å². The molecule has 0 saturated carbocycles. The highest BCUT2D eigenvalue weighted by atomic mass is 19.1. The Bertz CT molecular complexity index is 1010. The monoisotopic (exact) mass is 379 g/mol. The molecule has 0 bridgehead atoms. The molecule has 144 valence electrons.